The highest BCUT2D eigenvalue weighted by atomic mass is 19.4. The molecule has 2 aliphatic rings. The number of alkyl halides is 3. The first-order chi connectivity index (χ1) is 19.5. The number of carbonyl (C=O) groups is 1. The third-order valence-electron chi connectivity index (χ3n) is 7.42. The Morgan fingerprint density at radius 1 is 1.12 bits per heavy atom. The molecule has 218 valence electrons. The Hall–Kier alpha value is -3.81. The molecule has 0 spiro atoms. The van der Waals surface area contributed by atoms with E-state index in [1.54, 1.807) is 12.3 Å². The van der Waals surface area contributed by atoms with Crippen LogP contribution in [0.1, 0.15) is 27.9 Å². The summed E-state index contributed by atoms with van der Waals surface area (Å²) < 4.78 is 62.9. The molecule has 0 saturated carbocycles. The van der Waals surface area contributed by atoms with Crippen LogP contribution in [0, 0.1) is 5.82 Å². The molecule has 0 bridgehead atoms. The number of rotatable bonds is 7. The molecule has 2 fully saturated rings. The van der Waals surface area contributed by atoms with Gasteiger partial charge < -0.3 is 25.6 Å². The van der Waals surface area contributed by atoms with Gasteiger partial charge in [-0.05, 0) is 37.2 Å². The quantitative estimate of drug-likeness (QED) is 0.418. The molecule has 2 saturated heterocycles. The number of ether oxygens (including phenoxy) is 1. The lowest BCUT2D eigenvalue weighted by molar-refractivity contribution is -0.138. The van der Waals surface area contributed by atoms with Crippen LogP contribution < -0.4 is 21.5 Å². The molecule has 13 heteroatoms. The van der Waals surface area contributed by atoms with Gasteiger partial charge in [-0.2, -0.15) is 13.2 Å². The number of nitrogens with two attached hydrogens (primary N) is 1. The summed E-state index contributed by atoms with van der Waals surface area (Å²) in [4.78, 5) is 33.3. The lowest BCUT2D eigenvalue weighted by Crippen LogP contribution is -2.45. The third-order valence-corrected chi connectivity index (χ3v) is 7.42. The van der Waals surface area contributed by atoms with Crippen LogP contribution in [0.5, 0.6) is 0 Å². The molecule has 2 aliphatic heterocycles. The monoisotopic (exact) mass is 574 g/mol. The summed E-state index contributed by atoms with van der Waals surface area (Å²) in [5.74, 6) is -1.93. The molecular weight excluding hydrogens is 544 g/mol. The van der Waals surface area contributed by atoms with Gasteiger partial charge in [-0.15, -0.1) is 0 Å². The minimum absolute atomic E-state index is 0.101. The normalized spacial score (nSPS) is 18.2. The SMILES string of the molecule is CN1CCN(c2cc(F)c(-c3cncc(CNC4CCOC4)c3)cc2-n2cc(C(N)=O)c(C(F)(F)F)cc2=O)CC1. The number of halogens is 4. The average Bonchev–Trinajstić information content (AvgIpc) is 3.46. The molecule has 9 nitrogen and oxygen atoms in total. The summed E-state index contributed by atoms with van der Waals surface area (Å²) in [5.41, 5.74) is 3.71. The summed E-state index contributed by atoms with van der Waals surface area (Å²) in [7, 11) is 1.94. The number of nitrogens with zero attached hydrogens (tertiary/aromatic N) is 4. The van der Waals surface area contributed by atoms with Crippen molar-refractivity contribution in [1.29, 1.82) is 0 Å². The predicted molar refractivity (Wildman–Crippen MR) is 145 cm³/mol. The second-order valence-electron chi connectivity index (χ2n) is 10.3. The molecule has 2 aromatic heterocycles. The van der Waals surface area contributed by atoms with Gasteiger partial charge in [0.05, 0.1) is 29.1 Å². The molecule has 4 heterocycles. The van der Waals surface area contributed by atoms with Gasteiger partial charge in [0.2, 0.25) is 0 Å². The molecule has 1 aromatic carbocycles. The number of pyridine rings is 2. The fraction of sp³-hybridized carbons (Fsp3) is 0.393. The van der Waals surface area contributed by atoms with Crippen molar-refractivity contribution < 1.29 is 27.1 Å². The van der Waals surface area contributed by atoms with Crippen LogP contribution in [0.4, 0.5) is 23.2 Å². The summed E-state index contributed by atoms with van der Waals surface area (Å²) in [6.07, 6.45) is -0.171. The Balaban J connectivity index is 1.62. The van der Waals surface area contributed by atoms with Crippen LogP contribution in [-0.2, 0) is 17.5 Å². The van der Waals surface area contributed by atoms with Crippen molar-refractivity contribution >= 4 is 11.6 Å². The molecular formula is C28H30F4N6O3. The Kier molecular flexibility index (Phi) is 8.11. The van der Waals surface area contributed by atoms with Crippen molar-refractivity contribution in [2.24, 2.45) is 5.73 Å². The van der Waals surface area contributed by atoms with E-state index in [9.17, 15) is 22.8 Å². The number of nitrogens with one attached hydrogen (secondary N) is 1. The van der Waals surface area contributed by atoms with E-state index < -0.39 is 34.6 Å². The zero-order valence-corrected chi connectivity index (χ0v) is 22.4. The zero-order valence-electron chi connectivity index (χ0n) is 22.4. The van der Waals surface area contributed by atoms with E-state index in [1.165, 1.54) is 18.3 Å². The van der Waals surface area contributed by atoms with Crippen molar-refractivity contribution in [3.05, 3.63) is 75.7 Å². The Morgan fingerprint density at radius 3 is 2.54 bits per heavy atom. The molecule has 41 heavy (non-hydrogen) atoms. The smallest absolute Gasteiger partial charge is 0.380 e. The number of benzene rings is 1. The lowest BCUT2D eigenvalue weighted by atomic mass is 10.0. The molecule has 0 aliphatic carbocycles. The van der Waals surface area contributed by atoms with Crippen molar-refractivity contribution in [3.63, 3.8) is 0 Å². The summed E-state index contributed by atoms with van der Waals surface area (Å²) in [6.45, 7) is 4.06. The van der Waals surface area contributed by atoms with Gasteiger partial charge >= 0.3 is 6.18 Å². The van der Waals surface area contributed by atoms with Crippen molar-refractivity contribution in [2.45, 2.75) is 25.2 Å². The van der Waals surface area contributed by atoms with Gasteiger partial charge in [0.1, 0.15) is 5.82 Å². The largest absolute Gasteiger partial charge is 0.417 e. The van der Waals surface area contributed by atoms with Crippen LogP contribution in [0.25, 0.3) is 16.8 Å². The van der Waals surface area contributed by atoms with Crippen LogP contribution >= 0.6 is 0 Å². The first-order valence-corrected chi connectivity index (χ1v) is 13.2. The van der Waals surface area contributed by atoms with Gasteiger partial charge in [-0.3, -0.25) is 19.1 Å². The number of hydrogen-bond donors (Lipinski definition) is 2. The van der Waals surface area contributed by atoms with E-state index in [0.717, 1.165) is 22.7 Å². The summed E-state index contributed by atoms with van der Waals surface area (Å²) in [6, 6.07) is 4.98. The lowest BCUT2D eigenvalue weighted by Gasteiger charge is -2.35. The Labute approximate surface area is 233 Å². The van der Waals surface area contributed by atoms with E-state index in [0.29, 0.717) is 63.3 Å². The molecule has 3 aromatic rings. The van der Waals surface area contributed by atoms with E-state index >= 15 is 4.39 Å². The standard InChI is InChI=1S/C28H30F4N6O3/c1-36-3-5-37(6-4-36)24-11-23(29)20(18-8-17(12-34-14-18)13-35-19-2-7-41-16-19)9-25(24)38-15-21(27(33)40)22(10-26(38)39)28(30,31)32/h8-12,14-15,19,35H,2-7,13,16H2,1H3,(H2,33,40). The van der Waals surface area contributed by atoms with Crippen LogP contribution in [0.15, 0.2) is 47.7 Å². The van der Waals surface area contributed by atoms with Gasteiger partial charge in [0, 0.05) is 81.2 Å². The van der Waals surface area contributed by atoms with E-state index in [1.807, 2.05) is 11.9 Å². The van der Waals surface area contributed by atoms with Crippen LogP contribution in [-0.4, -0.2) is 72.8 Å². The molecule has 1 unspecified atom stereocenters. The minimum atomic E-state index is -4.97. The third kappa shape index (κ3) is 6.26. The summed E-state index contributed by atoms with van der Waals surface area (Å²) in [5, 5.41) is 3.38. The molecule has 1 atom stereocenters. The number of likely N-dealkylation sites (N-methyl/N-ethyl adjacent to an activating group) is 1. The maximum absolute atomic E-state index is 15.7. The number of anilines is 1. The van der Waals surface area contributed by atoms with Gasteiger partial charge in [0.15, 0.2) is 0 Å². The van der Waals surface area contributed by atoms with E-state index in [4.69, 9.17) is 10.5 Å². The van der Waals surface area contributed by atoms with Crippen LogP contribution in [0.3, 0.4) is 0 Å². The van der Waals surface area contributed by atoms with Crippen LogP contribution in [0.2, 0.25) is 0 Å². The molecule has 0 radical (unpaired) electrons. The number of amides is 1. The van der Waals surface area contributed by atoms with E-state index in [-0.39, 0.29) is 17.3 Å². The highest BCUT2D eigenvalue weighted by Crippen LogP contribution is 2.35. The minimum Gasteiger partial charge on any atom is -0.380 e. The number of carbonyl (C=O) groups excluding carboxylic acids is 1. The highest BCUT2D eigenvalue weighted by Gasteiger charge is 2.36. The topological polar surface area (TPSA) is 106 Å². The average molecular weight is 575 g/mol. The second-order valence-corrected chi connectivity index (χ2v) is 10.3. The first kappa shape index (κ1) is 28.7. The van der Waals surface area contributed by atoms with Gasteiger partial charge in [0.25, 0.3) is 11.5 Å². The van der Waals surface area contributed by atoms with Gasteiger partial charge in [-0.25, -0.2) is 4.39 Å². The van der Waals surface area contributed by atoms with Crippen molar-refractivity contribution in [2.75, 3.05) is 51.3 Å². The second kappa shape index (κ2) is 11.6. The van der Waals surface area contributed by atoms with Crippen molar-refractivity contribution in [1.82, 2.24) is 19.8 Å². The van der Waals surface area contributed by atoms with Gasteiger partial charge in [-0.1, -0.05) is 0 Å². The number of aromatic nitrogens is 2. The maximum atomic E-state index is 15.7. The summed E-state index contributed by atoms with van der Waals surface area (Å²) >= 11 is 0. The fourth-order valence-electron chi connectivity index (χ4n) is 5.11. The molecule has 1 amide bonds. The number of primary amides is 1. The Bertz CT molecular complexity index is 1500. The molecule has 5 rings (SSSR count). The maximum Gasteiger partial charge on any atom is 0.417 e. The highest BCUT2D eigenvalue weighted by molar-refractivity contribution is 5.94. The Morgan fingerprint density at radius 2 is 1.88 bits per heavy atom. The van der Waals surface area contributed by atoms with Crippen molar-refractivity contribution in [3.8, 4) is 16.8 Å². The fourth-order valence-corrected chi connectivity index (χ4v) is 5.11. The number of piperazine rings is 1. The number of hydrogen-bond acceptors (Lipinski definition) is 7. The van der Waals surface area contributed by atoms with E-state index in [2.05, 4.69) is 15.2 Å². The molecule has 3 N–H and O–H groups in total. The predicted octanol–water partition coefficient (Wildman–Crippen LogP) is 2.79. The zero-order chi connectivity index (χ0) is 29.3. The first-order valence-electron chi connectivity index (χ1n) is 13.2.